The summed E-state index contributed by atoms with van der Waals surface area (Å²) in [5.41, 5.74) is 0.607. The molecule has 1 saturated heterocycles. The van der Waals surface area contributed by atoms with Crippen molar-refractivity contribution in [3.8, 4) is 0 Å². The number of carbonyl (C=O) groups excluding carboxylic acids is 1. The van der Waals surface area contributed by atoms with Crippen molar-refractivity contribution in [2.75, 3.05) is 5.32 Å². The molecule has 0 unspecified atom stereocenters. The van der Waals surface area contributed by atoms with Gasteiger partial charge in [0.2, 0.25) is 0 Å². The Bertz CT molecular complexity index is 546. The first-order chi connectivity index (χ1) is 9.45. The van der Waals surface area contributed by atoms with Crippen LogP contribution in [0.4, 0.5) is 11.4 Å². The molecular formula is C12H13N3O4S. The van der Waals surface area contributed by atoms with E-state index >= 15 is 0 Å². The van der Waals surface area contributed by atoms with Crippen LogP contribution in [0.25, 0.3) is 0 Å². The summed E-state index contributed by atoms with van der Waals surface area (Å²) >= 11 is 5.08. The van der Waals surface area contributed by atoms with E-state index in [-0.39, 0.29) is 22.9 Å². The van der Waals surface area contributed by atoms with E-state index in [1.54, 1.807) is 12.1 Å². The van der Waals surface area contributed by atoms with Gasteiger partial charge in [0.05, 0.1) is 4.92 Å². The number of thiocarbonyl (C=S) groups is 1. The van der Waals surface area contributed by atoms with Crippen molar-refractivity contribution in [3.05, 3.63) is 34.4 Å². The summed E-state index contributed by atoms with van der Waals surface area (Å²) < 4.78 is 5.00. The molecule has 0 radical (unpaired) electrons. The zero-order chi connectivity index (χ0) is 14.7. The van der Waals surface area contributed by atoms with Crippen molar-refractivity contribution < 1.29 is 14.5 Å². The SMILES string of the molecule is C[C@H]1C[C@H](NC(=S)Nc2ccc([N+](=O)[O-])cc2)C(=O)O1. The summed E-state index contributed by atoms with van der Waals surface area (Å²) in [6, 6.07) is 5.37. The molecule has 1 aliphatic heterocycles. The minimum absolute atomic E-state index is 0.00243. The second kappa shape index (κ2) is 5.83. The van der Waals surface area contributed by atoms with Gasteiger partial charge in [-0.05, 0) is 31.3 Å². The van der Waals surface area contributed by atoms with Crippen LogP contribution in [0.15, 0.2) is 24.3 Å². The van der Waals surface area contributed by atoms with Gasteiger partial charge in [-0.25, -0.2) is 4.79 Å². The molecule has 0 amide bonds. The van der Waals surface area contributed by atoms with Crippen LogP contribution in [0.1, 0.15) is 13.3 Å². The smallest absolute Gasteiger partial charge is 0.329 e. The third-order valence-corrected chi connectivity index (χ3v) is 3.03. The minimum Gasteiger partial charge on any atom is -0.461 e. The number of nitro groups is 1. The number of hydrogen-bond acceptors (Lipinski definition) is 5. The molecule has 106 valence electrons. The summed E-state index contributed by atoms with van der Waals surface area (Å²) in [7, 11) is 0. The first-order valence-electron chi connectivity index (χ1n) is 5.98. The van der Waals surface area contributed by atoms with Crippen molar-refractivity contribution in [1.29, 1.82) is 0 Å². The van der Waals surface area contributed by atoms with Gasteiger partial charge in [0.1, 0.15) is 12.1 Å². The predicted octanol–water partition coefficient (Wildman–Crippen LogP) is 1.59. The molecule has 0 spiro atoms. The Morgan fingerprint density at radius 3 is 2.60 bits per heavy atom. The predicted molar refractivity (Wildman–Crippen MR) is 76.4 cm³/mol. The van der Waals surface area contributed by atoms with Crippen molar-refractivity contribution in [2.24, 2.45) is 0 Å². The first kappa shape index (κ1) is 14.2. The van der Waals surface area contributed by atoms with Crippen molar-refractivity contribution in [2.45, 2.75) is 25.5 Å². The number of anilines is 1. The molecule has 0 aromatic heterocycles. The molecule has 1 heterocycles. The van der Waals surface area contributed by atoms with Crippen molar-refractivity contribution in [3.63, 3.8) is 0 Å². The molecule has 1 fully saturated rings. The second-order valence-electron chi connectivity index (χ2n) is 4.44. The number of rotatable bonds is 3. The maximum atomic E-state index is 11.4. The van der Waals surface area contributed by atoms with E-state index in [9.17, 15) is 14.9 Å². The topological polar surface area (TPSA) is 93.5 Å². The highest BCUT2D eigenvalue weighted by Crippen LogP contribution is 2.16. The van der Waals surface area contributed by atoms with Crippen LogP contribution >= 0.6 is 12.2 Å². The van der Waals surface area contributed by atoms with E-state index in [1.807, 2.05) is 6.92 Å². The van der Waals surface area contributed by atoms with Gasteiger partial charge >= 0.3 is 5.97 Å². The number of nitrogens with one attached hydrogen (secondary N) is 2. The molecule has 7 nitrogen and oxygen atoms in total. The number of non-ortho nitro benzene ring substituents is 1. The Morgan fingerprint density at radius 2 is 2.10 bits per heavy atom. The molecule has 1 aliphatic rings. The van der Waals surface area contributed by atoms with Crippen LogP contribution in [-0.2, 0) is 9.53 Å². The van der Waals surface area contributed by atoms with Gasteiger partial charge in [-0.2, -0.15) is 0 Å². The lowest BCUT2D eigenvalue weighted by molar-refractivity contribution is -0.384. The Balaban J connectivity index is 1.91. The van der Waals surface area contributed by atoms with Crippen LogP contribution in [0.2, 0.25) is 0 Å². The Hall–Kier alpha value is -2.22. The van der Waals surface area contributed by atoms with Gasteiger partial charge in [-0.15, -0.1) is 0 Å². The van der Waals surface area contributed by atoms with Crippen LogP contribution in [-0.4, -0.2) is 28.2 Å². The number of benzene rings is 1. The Labute approximate surface area is 120 Å². The van der Waals surface area contributed by atoms with Gasteiger partial charge in [0.25, 0.3) is 5.69 Å². The largest absolute Gasteiger partial charge is 0.461 e. The van der Waals surface area contributed by atoms with E-state index in [0.29, 0.717) is 12.1 Å². The Kier molecular flexibility index (Phi) is 4.14. The molecule has 1 aromatic rings. The minimum atomic E-state index is -0.476. The van der Waals surface area contributed by atoms with Crippen LogP contribution in [0.5, 0.6) is 0 Å². The molecule has 0 aliphatic carbocycles. The molecule has 0 saturated carbocycles. The molecule has 8 heteroatoms. The summed E-state index contributed by atoms with van der Waals surface area (Å²) in [5.74, 6) is -0.328. The van der Waals surface area contributed by atoms with E-state index in [1.165, 1.54) is 12.1 Å². The zero-order valence-electron chi connectivity index (χ0n) is 10.7. The first-order valence-corrected chi connectivity index (χ1v) is 6.39. The Morgan fingerprint density at radius 1 is 1.45 bits per heavy atom. The quantitative estimate of drug-likeness (QED) is 0.378. The average Bonchev–Trinajstić information content (AvgIpc) is 2.68. The molecule has 2 N–H and O–H groups in total. The fourth-order valence-corrected chi connectivity index (χ4v) is 2.13. The molecular weight excluding hydrogens is 282 g/mol. The second-order valence-corrected chi connectivity index (χ2v) is 4.85. The highest BCUT2D eigenvalue weighted by Gasteiger charge is 2.32. The molecule has 1 aromatic carbocycles. The lowest BCUT2D eigenvalue weighted by atomic mass is 10.2. The fraction of sp³-hybridized carbons (Fsp3) is 0.333. The number of carbonyl (C=O) groups is 1. The fourth-order valence-electron chi connectivity index (χ4n) is 1.87. The van der Waals surface area contributed by atoms with Crippen molar-refractivity contribution >= 4 is 34.7 Å². The van der Waals surface area contributed by atoms with Crippen LogP contribution in [0.3, 0.4) is 0 Å². The third-order valence-electron chi connectivity index (χ3n) is 2.81. The number of cyclic esters (lactones) is 1. The van der Waals surface area contributed by atoms with E-state index in [4.69, 9.17) is 17.0 Å². The summed E-state index contributed by atoms with van der Waals surface area (Å²) in [5, 5.41) is 16.5. The zero-order valence-corrected chi connectivity index (χ0v) is 11.5. The number of nitrogens with zero attached hydrogens (tertiary/aromatic N) is 1. The van der Waals surface area contributed by atoms with Gasteiger partial charge < -0.3 is 15.4 Å². The molecule has 20 heavy (non-hydrogen) atoms. The lowest BCUT2D eigenvalue weighted by Crippen LogP contribution is -2.40. The monoisotopic (exact) mass is 295 g/mol. The maximum absolute atomic E-state index is 11.4. The standard InChI is InChI=1S/C12H13N3O4S/c1-7-6-10(11(16)19-7)14-12(20)13-8-2-4-9(5-3-8)15(17)18/h2-5,7,10H,6H2,1H3,(H2,13,14,20)/t7-,10-/m0/s1. The highest BCUT2D eigenvalue weighted by molar-refractivity contribution is 7.80. The average molecular weight is 295 g/mol. The van der Waals surface area contributed by atoms with Crippen LogP contribution < -0.4 is 10.6 Å². The number of ether oxygens (including phenoxy) is 1. The summed E-state index contributed by atoms with van der Waals surface area (Å²) in [6.07, 6.45) is 0.433. The molecule has 0 bridgehead atoms. The maximum Gasteiger partial charge on any atom is 0.329 e. The normalized spacial score (nSPS) is 21.1. The number of hydrogen-bond donors (Lipinski definition) is 2. The van der Waals surface area contributed by atoms with E-state index in [0.717, 1.165) is 0 Å². The van der Waals surface area contributed by atoms with Gasteiger partial charge in [0, 0.05) is 24.2 Å². The van der Waals surface area contributed by atoms with Gasteiger partial charge in [0.15, 0.2) is 5.11 Å². The number of nitro benzene ring substituents is 1. The lowest BCUT2D eigenvalue weighted by Gasteiger charge is -2.13. The van der Waals surface area contributed by atoms with Crippen LogP contribution in [0, 0.1) is 10.1 Å². The molecule has 2 rings (SSSR count). The summed E-state index contributed by atoms with van der Waals surface area (Å²) in [4.78, 5) is 21.5. The number of esters is 1. The van der Waals surface area contributed by atoms with E-state index in [2.05, 4.69) is 10.6 Å². The molecule has 2 atom stereocenters. The highest BCUT2D eigenvalue weighted by atomic mass is 32.1. The third kappa shape index (κ3) is 3.41. The van der Waals surface area contributed by atoms with Gasteiger partial charge in [-0.1, -0.05) is 0 Å². The summed E-state index contributed by atoms with van der Waals surface area (Å²) in [6.45, 7) is 1.81. The van der Waals surface area contributed by atoms with Gasteiger partial charge in [-0.3, -0.25) is 10.1 Å². The van der Waals surface area contributed by atoms with E-state index < -0.39 is 11.0 Å². The van der Waals surface area contributed by atoms with Crippen molar-refractivity contribution in [1.82, 2.24) is 5.32 Å².